The van der Waals surface area contributed by atoms with Crippen LogP contribution in [0.15, 0.2) is 6.07 Å². The zero-order chi connectivity index (χ0) is 13.8. The quantitative estimate of drug-likeness (QED) is 0.766. The van der Waals surface area contributed by atoms with E-state index in [2.05, 4.69) is 16.8 Å². The first-order chi connectivity index (χ1) is 9.11. The summed E-state index contributed by atoms with van der Waals surface area (Å²) in [5, 5.41) is 1.20. The molecular weight excluding hydrogens is 307 g/mol. The van der Waals surface area contributed by atoms with Gasteiger partial charge in [0.1, 0.15) is 11.0 Å². The molecule has 0 bridgehead atoms. The van der Waals surface area contributed by atoms with Crippen molar-refractivity contribution in [2.45, 2.75) is 32.3 Å². The Hall–Kier alpha value is -0.220. The molecule has 0 N–H and O–H groups in total. The van der Waals surface area contributed by atoms with Crippen molar-refractivity contribution in [1.29, 1.82) is 0 Å². The van der Waals surface area contributed by atoms with Crippen LogP contribution in [0.3, 0.4) is 0 Å². The number of nitrogens with zero attached hydrogens (tertiary/aromatic N) is 2. The van der Waals surface area contributed by atoms with Gasteiger partial charge in [-0.3, -0.25) is 0 Å². The molecule has 0 spiro atoms. The van der Waals surface area contributed by atoms with Gasteiger partial charge in [-0.25, -0.2) is 4.98 Å². The normalized spacial score (nSPS) is 19.8. The zero-order valence-corrected chi connectivity index (χ0v) is 13.1. The molecular formula is C13H17Cl3N2O. The number of hydrogen-bond donors (Lipinski definition) is 0. The van der Waals surface area contributed by atoms with Crippen molar-refractivity contribution in [3.8, 4) is 0 Å². The Labute approximate surface area is 128 Å². The molecule has 3 nitrogen and oxygen atoms in total. The summed E-state index contributed by atoms with van der Waals surface area (Å²) in [6, 6.07) is 1.64. The zero-order valence-electron chi connectivity index (χ0n) is 10.8. The van der Waals surface area contributed by atoms with Crippen LogP contribution in [0.25, 0.3) is 0 Å². The smallest absolute Gasteiger partial charge is 0.150 e. The minimum absolute atomic E-state index is 0.237. The van der Waals surface area contributed by atoms with E-state index in [4.69, 9.17) is 39.5 Å². The molecule has 106 valence electrons. The van der Waals surface area contributed by atoms with E-state index in [9.17, 15) is 0 Å². The van der Waals surface area contributed by atoms with Gasteiger partial charge < -0.3 is 9.64 Å². The summed E-state index contributed by atoms with van der Waals surface area (Å²) < 4.78 is 5.81. The molecule has 0 aliphatic carbocycles. The molecule has 2 rings (SSSR count). The molecule has 0 amide bonds. The highest BCUT2D eigenvalue weighted by Crippen LogP contribution is 2.32. The van der Waals surface area contributed by atoms with Crippen LogP contribution in [0, 0.1) is 0 Å². The number of halogens is 3. The minimum Gasteiger partial charge on any atom is -0.376 e. The lowest BCUT2D eigenvalue weighted by molar-refractivity contribution is 0.0439. The SMILES string of the molecule is CCCOC1CCCN(c2nc(Cl)c(Cl)cc2Cl)C1. The van der Waals surface area contributed by atoms with Crippen molar-refractivity contribution in [1.82, 2.24) is 4.98 Å². The van der Waals surface area contributed by atoms with Gasteiger partial charge in [0.25, 0.3) is 0 Å². The molecule has 2 heterocycles. The highest BCUT2D eigenvalue weighted by Gasteiger charge is 2.23. The summed E-state index contributed by atoms with van der Waals surface area (Å²) in [6.45, 7) is 4.61. The first kappa shape index (κ1) is 15.2. The van der Waals surface area contributed by atoms with E-state index in [1.165, 1.54) is 0 Å². The molecule has 6 heteroatoms. The lowest BCUT2D eigenvalue weighted by atomic mass is 10.1. The Morgan fingerprint density at radius 3 is 2.89 bits per heavy atom. The Balaban J connectivity index is 2.10. The molecule has 1 aromatic heterocycles. The molecule has 0 saturated carbocycles. The Morgan fingerprint density at radius 2 is 2.16 bits per heavy atom. The molecule has 0 radical (unpaired) electrons. The molecule has 1 aliphatic heterocycles. The third kappa shape index (κ3) is 3.88. The van der Waals surface area contributed by atoms with Crippen LogP contribution in [-0.2, 0) is 4.74 Å². The second-order valence-corrected chi connectivity index (χ2v) is 5.82. The van der Waals surface area contributed by atoms with E-state index < -0.39 is 0 Å². The van der Waals surface area contributed by atoms with Crippen molar-refractivity contribution in [2.75, 3.05) is 24.6 Å². The maximum Gasteiger partial charge on any atom is 0.150 e. The first-order valence-electron chi connectivity index (χ1n) is 6.50. The van der Waals surface area contributed by atoms with Gasteiger partial charge in [-0.1, -0.05) is 41.7 Å². The van der Waals surface area contributed by atoms with Gasteiger partial charge in [0, 0.05) is 19.7 Å². The van der Waals surface area contributed by atoms with Crippen LogP contribution in [0.1, 0.15) is 26.2 Å². The van der Waals surface area contributed by atoms with E-state index in [0.717, 1.165) is 39.0 Å². The van der Waals surface area contributed by atoms with Gasteiger partial charge in [0.2, 0.25) is 0 Å². The van der Waals surface area contributed by atoms with Crippen LogP contribution >= 0.6 is 34.8 Å². The highest BCUT2D eigenvalue weighted by atomic mass is 35.5. The van der Waals surface area contributed by atoms with Gasteiger partial charge in [-0.15, -0.1) is 0 Å². The van der Waals surface area contributed by atoms with E-state index in [0.29, 0.717) is 15.9 Å². The number of hydrogen-bond acceptors (Lipinski definition) is 3. The van der Waals surface area contributed by atoms with Crippen molar-refractivity contribution in [2.24, 2.45) is 0 Å². The summed E-state index contributed by atoms with van der Waals surface area (Å²) in [5.41, 5.74) is 0. The standard InChI is InChI=1S/C13H17Cl3N2O/c1-2-6-19-9-4-3-5-18(8-9)13-11(15)7-10(14)12(16)17-13/h7,9H,2-6,8H2,1H3. The number of rotatable bonds is 4. The van der Waals surface area contributed by atoms with Crippen LogP contribution in [0.4, 0.5) is 5.82 Å². The molecule has 1 saturated heterocycles. The predicted octanol–water partition coefficient (Wildman–Crippen LogP) is 4.44. The topological polar surface area (TPSA) is 25.4 Å². The summed E-state index contributed by atoms with van der Waals surface area (Å²) >= 11 is 18.1. The Kier molecular flexibility index (Phi) is 5.58. The van der Waals surface area contributed by atoms with Crippen LogP contribution < -0.4 is 4.90 Å². The number of anilines is 1. The second-order valence-electron chi connectivity index (χ2n) is 4.65. The fraction of sp³-hybridized carbons (Fsp3) is 0.615. The van der Waals surface area contributed by atoms with E-state index >= 15 is 0 Å². The lowest BCUT2D eigenvalue weighted by Gasteiger charge is -2.34. The van der Waals surface area contributed by atoms with Crippen LogP contribution in [-0.4, -0.2) is 30.8 Å². The maximum absolute atomic E-state index is 6.20. The fourth-order valence-electron chi connectivity index (χ4n) is 2.21. The van der Waals surface area contributed by atoms with E-state index in [-0.39, 0.29) is 11.3 Å². The number of pyridine rings is 1. The molecule has 19 heavy (non-hydrogen) atoms. The average molecular weight is 324 g/mol. The Morgan fingerprint density at radius 1 is 1.37 bits per heavy atom. The highest BCUT2D eigenvalue weighted by molar-refractivity contribution is 6.42. The van der Waals surface area contributed by atoms with Crippen LogP contribution in [0.5, 0.6) is 0 Å². The number of ether oxygens (including phenoxy) is 1. The van der Waals surface area contributed by atoms with Crippen molar-refractivity contribution in [3.63, 3.8) is 0 Å². The monoisotopic (exact) mass is 322 g/mol. The van der Waals surface area contributed by atoms with Crippen molar-refractivity contribution < 1.29 is 4.74 Å². The first-order valence-corrected chi connectivity index (χ1v) is 7.63. The Bertz CT molecular complexity index is 442. The van der Waals surface area contributed by atoms with Gasteiger partial charge in [0.05, 0.1) is 16.1 Å². The molecule has 1 fully saturated rings. The van der Waals surface area contributed by atoms with Gasteiger partial charge in [-0.2, -0.15) is 0 Å². The largest absolute Gasteiger partial charge is 0.376 e. The summed E-state index contributed by atoms with van der Waals surface area (Å²) in [4.78, 5) is 6.40. The third-order valence-electron chi connectivity index (χ3n) is 3.10. The van der Waals surface area contributed by atoms with E-state index in [1.807, 2.05) is 0 Å². The van der Waals surface area contributed by atoms with E-state index in [1.54, 1.807) is 6.07 Å². The van der Waals surface area contributed by atoms with Gasteiger partial charge in [0.15, 0.2) is 0 Å². The maximum atomic E-state index is 6.20. The molecule has 0 aromatic carbocycles. The molecule has 1 aromatic rings. The van der Waals surface area contributed by atoms with Gasteiger partial charge in [-0.05, 0) is 25.3 Å². The molecule has 1 atom stereocenters. The average Bonchev–Trinajstić information content (AvgIpc) is 2.41. The molecule has 1 unspecified atom stereocenters. The summed E-state index contributed by atoms with van der Waals surface area (Å²) in [6.07, 6.45) is 3.41. The third-order valence-corrected chi connectivity index (χ3v) is 4.05. The van der Waals surface area contributed by atoms with Crippen molar-refractivity contribution in [3.05, 3.63) is 21.3 Å². The lowest BCUT2D eigenvalue weighted by Crippen LogP contribution is -2.40. The minimum atomic E-state index is 0.237. The summed E-state index contributed by atoms with van der Waals surface area (Å²) in [7, 11) is 0. The fourth-order valence-corrected chi connectivity index (χ4v) is 2.82. The van der Waals surface area contributed by atoms with Gasteiger partial charge >= 0.3 is 0 Å². The second kappa shape index (κ2) is 6.98. The van der Waals surface area contributed by atoms with Crippen LogP contribution in [0.2, 0.25) is 15.2 Å². The number of aromatic nitrogens is 1. The summed E-state index contributed by atoms with van der Waals surface area (Å²) in [5.74, 6) is 0.695. The number of piperidine rings is 1. The predicted molar refractivity (Wildman–Crippen MR) is 80.7 cm³/mol. The van der Waals surface area contributed by atoms with Crippen molar-refractivity contribution >= 4 is 40.6 Å². The molecule has 1 aliphatic rings.